The molecule has 1 atom stereocenters. The van der Waals surface area contributed by atoms with Crippen LogP contribution in [-0.4, -0.2) is 13.7 Å². The molecule has 0 saturated heterocycles. The Kier molecular flexibility index (Phi) is 5.22. The predicted octanol–water partition coefficient (Wildman–Crippen LogP) is 4.08. The van der Waals surface area contributed by atoms with E-state index in [-0.39, 0.29) is 5.92 Å². The number of rotatable bonds is 6. The molecule has 0 bridgehead atoms. The van der Waals surface area contributed by atoms with Gasteiger partial charge in [-0.25, -0.2) is 0 Å². The highest BCUT2D eigenvalue weighted by Gasteiger charge is 2.11. The minimum atomic E-state index is -0.167. The van der Waals surface area contributed by atoms with Crippen molar-refractivity contribution in [2.75, 3.05) is 13.7 Å². The van der Waals surface area contributed by atoms with Crippen LogP contribution in [0, 0.1) is 18.3 Å². The Balaban J connectivity index is 1.94. The number of nitrogens with zero attached hydrogens (tertiary/aromatic N) is 1. The van der Waals surface area contributed by atoms with Gasteiger partial charge in [-0.1, -0.05) is 30.3 Å². The lowest BCUT2D eigenvalue weighted by molar-refractivity contribution is 0.304. The number of hydrogen-bond donors (Lipinski definition) is 0. The average Bonchev–Trinajstić information content (AvgIpc) is 2.53. The van der Waals surface area contributed by atoms with Crippen molar-refractivity contribution in [2.45, 2.75) is 19.3 Å². The van der Waals surface area contributed by atoms with E-state index in [0.29, 0.717) is 13.0 Å². The Labute approximate surface area is 125 Å². The van der Waals surface area contributed by atoms with Crippen molar-refractivity contribution in [2.24, 2.45) is 0 Å². The largest absolute Gasteiger partial charge is 0.497 e. The van der Waals surface area contributed by atoms with Crippen molar-refractivity contribution in [1.29, 1.82) is 5.26 Å². The second-order valence-electron chi connectivity index (χ2n) is 4.86. The number of nitriles is 1. The summed E-state index contributed by atoms with van der Waals surface area (Å²) in [5.41, 5.74) is 2.10. The second-order valence-corrected chi connectivity index (χ2v) is 4.86. The van der Waals surface area contributed by atoms with Gasteiger partial charge in [0.1, 0.15) is 11.5 Å². The SMILES string of the molecule is COc1ccc(C(C#N)CCOc2ccccc2C)cc1. The third-order valence-corrected chi connectivity index (χ3v) is 3.43. The molecule has 0 aromatic heterocycles. The van der Waals surface area contributed by atoms with Crippen molar-refractivity contribution in [3.63, 3.8) is 0 Å². The van der Waals surface area contributed by atoms with Gasteiger partial charge in [-0.2, -0.15) is 5.26 Å². The first kappa shape index (κ1) is 14.9. The summed E-state index contributed by atoms with van der Waals surface area (Å²) in [7, 11) is 1.63. The lowest BCUT2D eigenvalue weighted by Crippen LogP contribution is -2.05. The third-order valence-electron chi connectivity index (χ3n) is 3.43. The van der Waals surface area contributed by atoms with Crippen LogP contribution in [-0.2, 0) is 0 Å². The van der Waals surface area contributed by atoms with Crippen molar-refractivity contribution in [1.82, 2.24) is 0 Å². The van der Waals surface area contributed by atoms with E-state index in [9.17, 15) is 5.26 Å². The molecule has 1 unspecified atom stereocenters. The first-order valence-electron chi connectivity index (χ1n) is 6.96. The molecule has 3 nitrogen and oxygen atoms in total. The lowest BCUT2D eigenvalue weighted by Gasteiger charge is -2.12. The fraction of sp³-hybridized carbons (Fsp3) is 0.278. The highest BCUT2D eigenvalue weighted by Crippen LogP contribution is 2.23. The van der Waals surface area contributed by atoms with Gasteiger partial charge in [-0.05, 0) is 36.2 Å². The molecule has 0 aliphatic rings. The van der Waals surface area contributed by atoms with E-state index in [1.807, 2.05) is 55.5 Å². The van der Waals surface area contributed by atoms with Crippen LogP contribution in [0.4, 0.5) is 0 Å². The van der Waals surface area contributed by atoms with Gasteiger partial charge in [0.05, 0.1) is 25.7 Å². The van der Waals surface area contributed by atoms with E-state index in [4.69, 9.17) is 9.47 Å². The maximum atomic E-state index is 9.32. The van der Waals surface area contributed by atoms with Crippen molar-refractivity contribution in [3.8, 4) is 17.6 Å². The van der Waals surface area contributed by atoms with Gasteiger partial charge >= 0.3 is 0 Å². The monoisotopic (exact) mass is 281 g/mol. The zero-order valence-corrected chi connectivity index (χ0v) is 12.4. The minimum absolute atomic E-state index is 0.167. The fourth-order valence-corrected chi connectivity index (χ4v) is 2.15. The molecule has 0 amide bonds. The maximum absolute atomic E-state index is 9.32. The van der Waals surface area contributed by atoms with Crippen LogP contribution in [0.2, 0.25) is 0 Å². The Bertz CT molecular complexity index is 614. The molecule has 108 valence electrons. The summed E-state index contributed by atoms with van der Waals surface area (Å²) in [4.78, 5) is 0. The number of hydrogen-bond acceptors (Lipinski definition) is 3. The van der Waals surface area contributed by atoms with Crippen LogP contribution in [0.15, 0.2) is 48.5 Å². The van der Waals surface area contributed by atoms with E-state index < -0.39 is 0 Å². The number of benzene rings is 2. The highest BCUT2D eigenvalue weighted by atomic mass is 16.5. The summed E-state index contributed by atoms with van der Waals surface area (Å²) >= 11 is 0. The smallest absolute Gasteiger partial charge is 0.122 e. The molecule has 0 N–H and O–H groups in total. The Morgan fingerprint density at radius 3 is 2.43 bits per heavy atom. The summed E-state index contributed by atoms with van der Waals surface area (Å²) in [5, 5.41) is 9.32. The Morgan fingerprint density at radius 2 is 1.81 bits per heavy atom. The topological polar surface area (TPSA) is 42.2 Å². The van der Waals surface area contributed by atoms with E-state index in [2.05, 4.69) is 6.07 Å². The van der Waals surface area contributed by atoms with Crippen molar-refractivity contribution < 1.29 is 9.47 Å². The minimum Gasteiger partial charge on any atom is -0.497 e. The van der Waals surface area contributed by atoms with E-state index >= 15 is 0 Å². The Morgan fingerprint density at radius 1 is 1.10 bits per heavy atom. The first-order chi connectivity index (χ1) is 10.2. The van der Waals surface area contributed by atoms with Crippen molar-refractivity contribution >= 4 is 0 Å². The molecule has 0 aliphatic heterocycles. The van der Waals surface area contributed by atoms with Crippen molar-refractivity contribution in [3.05, 3.63) is 59.7 Å². The van der Waals surface area contributed by atoms with Crippen LogP contribution < -0.4 is 9.47 Å². The third kappa shape index (κ3) is 4.00. The zero-order valence-electron chi connectivity index (χ0n) is 12.4. The normalized spacial score (nSPS) is 11.5. The second kappa shape index (κ2) is 7.35. The van der Waals surface area contributed by atoms with E-state index in [0.717, 1.165) is 22.6 Å². The first-order valence-corrected chi connectivity index (χ1v) is 6.96. The molecule has 0 aliphatic carbocycles. The molecule has 0 heterocycles. The molecule has 2 aromatic rings. The summed E-state index contributed by atoms with van der Waals surface area (Å²) in [6.07, 6.45) is 0.664. The fourth-order valence-electron chi connectivity index (χ4n) is 2.15. The van der Waals surface area contributed by atoms with Crippen LogP contribution in [0.1, 0.15) is 23.5 Å². The number of para-hydroxylation sites is 1. The summed E-state index contributed by atoms with van der Waals surface area (Å²) < 4.78 is 10.9. The van der Waals surface area contributed by atoms with Gasteiger partial charge in [0.15, 0.2) is 0 Å². The van der Waals surface area contributed by atoms with Gasteiger partial charge in [0.25, 0.3) is 0 Å². The number of aryl methyl sites for hydroxylation is 1. The molecule has 0 radical (unpaired) electrons. The molecule has 3 heteroatoms. The molecule has 0 spiro atoms. The molecule has 2 rings (SSSR count). The Hall–Kier alpha value is -2.47. The summed E-state index contributed by atoms with van der Waals surface area (Å²) in [6.45, 7) is 2.54. The highest BCUT2D eigenvalue weighted by molar-refractivity contribution is 5.33. The average molecular weight is 281 g/mol. The van der Waals surface area contributed by atoms with Crippen LogP contribution in [0.3, 0.4) is 0 Å². The summed E-state index contributed by atoms with van der Waals surface area (Å²) in [5.74, 6) is 1.51. The molecular weight excluding hydrogens is 262 g/mol. The maximum Gasteiger partial charge on any atom is 0.122 e. The van der Waals surface area contributed by atoms with Gasteiger partial charge in [-0.3, -0.25) is 0 Å². The predicted molar refractivity (Wildman–Crippen MR) is 82.6 cm³/mol. The zero-order chi connectivity index (χ0) is 15.1. The molecule has 21 heavy (non-hydrogen) atoms. The quantitative estimate of drug-likeness (QED) is 0.801. The van der Waals surface area contributed by atoms with Gasteiger partial charge < -0.3 is 9.47 Å². The molecule has 2 aromatic carbocycles. The van der Waals surface area contributed by atoms with Gasteiger partial charge in [0.2, 0.25) is 0 Å². The number of methoxy groups -OCH3 is 1. The molecule has 0 saturated carbocycles. The van der Waals surface area contributed by atoms with Gasteiger partial charge in [0, 0.05) is 6.42 Å². The van der Waals surface area contributed by atoms with Crippen LogP contribution in [0.5, 0.6) is 11.5 Å². The lowest BCUT2D eigenvalue weighted by atomic mass is 9.97. The van der Waals surface area contributed by atoms with Crippen LogP contribution in [0.25, 0.3) is 0 Å². The summed E-state index contributed by atoms with van der Waals surface area (Å²) in [6, 6.07) is 17.9. The standard InChI is InChI=1S/C18H19NO2/c1-14-5-3-4-6-18(14)21-12-11-16(13-19)15-7-9-17(20-2)10-8-15/h3-10,16H,11-12H2,1-2H3. The number of ether oxygens (including phenoxy) is 2. The van der Waals surface area contributed by atoms with Crippen LogP contribution >= 0.6 is 0 Å². The van der Waals surface area contributed by atoms with E-state index in [1.165, 1.54) is 0 Å². The molecule has 0 fully saturated rings. The van der Waals surface area contributed by atoms with E-state index in [1.54, 1.807) is 7.11 Å². The van der Waals surface area contributed by atoms with Gasteiger partial charge in [-0.15, -0.1) is 0 Å². The molecular formula is C18H19NO2.